The molecule has 0 spiro atoms. The molecular formula is C11H21N5O. The molecule has 0 aliphatic heterocycles. The molecule has 1 heterocycles. The highest BCUT2D eigenvalue weighted by Crippen LogP contribution is 2.05. The minimum Gasteiger partial charge on any atom is -0.329 e. The van der Waals surface area contributed by atoms with Crippen molar-refractivity contribution < 1.29 is 4.79 Å². The van der Waals surface area contributed by atoms with Crippen molar-refractivity contribution in [1.29, 1.82) is 0 Å². The summed E-state index contributed by atoms with van der Waals surface area (Å²) in [6, 6.07) is 0.232. The van der Waals surface area contributed by atoms with Gasteiger partial charge in [-0.05, 0) is 26.8 Å². The molecule has 6 heteroatoms. The maximum atomic E-state index is 11.7. The van der Waals surface area contributed by atoms with Gasteiger partial charge in [0.05, 0.1) is 6.20 Å². The van der Waals surface area contributed by atoms with E-state index in [4.69, 9.17) is 5.73 Å². The van der Waals surface area contributed by atoms with E-state index in [9.17, 15) is 4.79 Å². The van der Waals surface area contributed by atoms with Gasteiger partial charge in [-0.1, -0.05) is 5.21 Å². The van der Waals surface area contributed by atoms with Crippen LogP contribution in [-0.2, 0) is 0 Å². The zero-order chi connectivity index (χ0) is 12.7. The van der Waals surface area contributed by atoms with E-state index in [1.165, 1.54) is 0 Å². The fourth-order valence-electron chi connectivity index (χ4n) is 1.39. The number of nitrogens with two attached hydrogens (primary N) is 1. The van der Waals surface area contributed by atoms with Crippen LogP contribution in [0.5, 0.6) is 0 Å². The summed E-state index contributed by atoms with van der Waals surface area (Å²) in [5, 5.41) is 10.9. The first-order valence-electron chi connectivity index (χ1n) is 6.01. The van der Waals surface area contributed by atoms with Crippen LogP contribution < -0.4 is 11.1 Å². The molecule has 1 aromatic rings. The molecule has 0 fully saturated rings. The van der Waals surface area contributed by atoms with Crippen molar-refractivity contribution in [3.8, 4) is 0 Å². The third-order valence-corrected chi connectivity index (χ3v) is 2.40. The molecule has 0 radical (unpaired) electrons. The van der Waals surface area contributed by atoms with Gasteiger partial charge >= 0.3 is 0 Å². The van der Waals surface area contributed by atoms with Crippen LogP contribution in [-0.4, -0.2) is 40.4 Å². The first kappa shape index (κ1) is 13.8. The number of carbonyl (C=O) groups excluding carboxylic acids is 1. The molecule has 0 unspecified atom stereocenters. The molecule has 17 heavy (non-hydrogen) atoms. The highest BCUT2D eigenvalue weighted by Gasteiger charge is 2.11. The van der Waals surface area contributed by atoms with E-state index in [-0.39, 0.29) is 11.8 Å². The average Bonchev–Trinajstić information content (AvgIpc) is 2.78. The van der Waals surface area contributed by atoms with Crippen LogP contribution in [0.25, 0.3) is 0 Å². The second-order valence-electron chi connectivity index (χ2n) is 4.24. The van der Waals surface area contributed by atoms with Crippen LogP contribution in [0.4, 0.5) is 0 Å². The Morgan fingerprint density at radius 1 is 1.53 bits per heavy atom. The maximum Gasteiger partial charge on any atom is 0.184 e. The van der Waals surface area contributed by atoms with E-state index in [2.05, 4.69) is 15.6 Å². The predicted molar refractivity (Wildman–Crippen MR) is 65.9 cm³/mol. The lowest BCUT2D eigenvalue weighted by atomic mass is 10.2. The lowest BCUT2D eigenvalue weighted by Crippen LogP contribution is -2.23. The smallest absolute Gasteiger partial charge is 0.184 e. The van der Waals surface area contributed by atoms with E-state index in [0.717, 1.165) is 19.5 Å². The molecule has 1 aromatic heterocycles. The molecule has 0 atom stereocenters. The number of hydrogen-bond donors (Lipinski definition) is 2. The zero-order valence-electron chi connectivity index (χ0n) is 10.5. The maximum absolute atomic E-state index is 11.7. The van der Waals surface area contributed by atoms with Crippen LogP contribution in [0.3, 0.4) is 0 Å². The molecule has 0 aliphatic carbocycles. The number of nitrogens with zero attached hydrogens (tertiary/aromatic N) is 3. The van der Waals surface area contributed by atoms with Gasteiger partial charge in [-0.3, -0.25) is 4.79 Å². The molecule has 0 bridgehead atoms. The van der Waals surface area contributed by atoms with E-state index in [1.54, 1.807) is 10.9 Å². The Bertz CT molecular complexity index is 347. The van der Waals surface area contributed by atoms with Gasteiger partial charge in [-0.2, -0.15) is 0 Å². The number of carbonyl (C=O) groups is 1. The van der Waals surface area contributed by atoms with Crippen LogP contribution in [0, 0.1) is 0 Å². The first-order chi connectivity index (χ1) is 8.15. The Balaban J connectivity index is 2.31. The highest BCUT2D eigenvalue weighted by molar-refractivity contribution is 5.93. The van der Waals surface area contributed by atoms with Crippen molar-refractivity contribution in [2.75, 3.05) is 19.6 Å². The molecule has 0 amide bonds. The van der Waals surface area contributed by atoms with Crippen LogP contribution in [0.1, 0.15) is 43.2 Å². The van der Waals surface area contributed by atoms with Crippen LogP contribution in [0.2, 0.25) is 0 Å². The fraction of sp³-hybridized carbons (Fsp3) is 0.727. The molecular weight excluding hydrogens is 218 g/mol. The highest BCUT2D eigenvalue weighted by atomic mass is 16.1. The number of rotatable bonds is 8. The zero-order valence-corrected chi connectivity index (χ0v) is 10.5. The van der Waals surface area contributed by atoms with Gasteiger partial charge in [0.2, 0.25) is 0 Å². The molecule has 3 N–H and O–H groups in total. The molecule has 96 valence electrons. The first-order valence-corrected chi connectivity index (χ1v) is 6.01. The van der Waals surface area contributed by atoms with E-state index < -0.39 is 0 Å². The molecule has 0 aliphatic rings. The third kappa shape index (κ3) is 4.62. The Labute approximate surface area is 102 Å². The minimum atomic E-state index is 0.0476. The number of Topliss-reactive ketones (excluding diaryl/α,β-unsaturated/α-hetero) is 1. The fourth-order valence-corrected chi connectivity index (χ4v) is 1.39. The second-order valence-corrected chi connectivity index (χ2v) is 4.24. The van der Waals surface area contributed by atoms with Crippen molar-refractivity contribution in [1.82, 2.24) is 20.3 Å². The van der Waals surface area contributed by atoms with Crippen molar-refractivity contribution in [3.63, 3.8) is 0 Å². The minimum absolute atomic E-state index is 0.0476. The van der Waals surface area contributed by atoms with Gasteiger partial charge in [-0.15, -0.1) is 5.10 Å². The molecule has 6 nitrogen and oxygen atoms in total. The third-order valence-electron chi connectivity index (χ3n) is 2.40. The standard InChI is InChI=1S/C11H21N5O/c1-9(2)16-8-10(14-15-16)11(17)4-3-6-13-7-5-12/h8-9,13H,3-7,12H2,1-2H3. The Hall–Kier alpha value is -1.27. The number of ketones is 1. The lowest BCUT2D eigenvalue weighted by Gasteiger charge is -2.02. The van der Waals surface area contributed by atoms with E-state index in [0.29, 0.717) is 18.7 Å². The number of aromatic nitrogens is 3. The van der Waals surface area contributed by atoms with Crippen molar-refractivity contribution in [3.05, 3.63) is 11.9 Å². The monoisotopic (exact) mass is 239 g/mol. The van der Waals surface area contributed by atoms with Crippen LogP contribution in [0.15, 0.2) is 6.20 Å². The van der Waals surface area contributed by atoms with Gasteiger partial charge in [0, 0.05) is 25.6 Å². The van der Waals surface area contributed by atoms with Crippen molar-refractivity contribution >= 4 is 5.78 Å². The van der Waals surface area contributed by atoms with E-state index in [1.807, 2.05) is 13.8 Å². The summed E-state index contributed by atoms with van der Waals surface area (Å²) in [6.45, 7) is 6.22. The summed E-state index contributed by atoms with van der Waals surface area (Å²) >= 11 is 0. The molecule has 0 saturated carbocycles. The Morgan fingerprint density at radius 2 is 2.29 bits per heavy atom. The summed E-state index contributed by atoms with van der Waals surface area (Å²) in [6.07, 6.45) is 3.00. The summed E-state index contributed by atoms with van der Waals surface area (Å²) in [5.41, 5.74) is 5.80. The quantitative estimate of drug-likeness (QED) is 0.505. The van der Waals surface area contributed by atoms with Crippen LogP contribution >= 0.6 is 0 Å². The van der Waals surface area contributed by atoms with E-state index >= 15 is 0 Å². The normalized spacial score (nSPS) is 11.1. The summed E-state index contributed by atoms with van der Waals surface area (Å²) in [4.78, 5) is 11.7. The molecule has 0 saturated heterocycles. The SMILES string of the molecule is CC(C)n1cc(C(=O)CCCNCCN)nn1. The summed E-state index contributed by atoms with van der Waals surface area (Å²) in [5.74, 6) is 0.0476. The van der Waals surface area contributed by atoms with Gasteiger partial charge in [0.1, 0.15) is 5.69 Å². The Morgan fingerprint density at radius 3 is 2.88 bits per heavy atom. The van der Waals surface area contributed by atoms with Gasteiger partial charge < -0.3 is 11.1 Å². The Kier molecular flexibility index (Phi) is 5.79. The predicted octanol–water partition coefficient (Wildman–Crippen LogP) is 0.370. The van der Waals surface area contributed by atoms with Crippen molar-refractivity contribution in [2.24, 2.45) is 5.73 Å². The van der Waals surface area contributed by atoms with Gasteiger partial charge in [0.25, 0.3) is 0 Å². The number of hydrogen-bond acceptors (Lipinski definition) is 5. The topological polar surface area (TPSA) is 85.8 Å². The van der Waals surface area contributed by atoms with Gasteiger partial charge in [-0.25, -0.2) is 4.68 Å². The molecule has 0 aromatic carbocycles. The summed E-state index contributed by atoms with van der Waals surface area (Å²) in [7, 11) is 0. The average molecular weight is 239 g/mol. The second kappa shape index (κ2) is 7.13. The lowest BCUT2D eigenvalue weighted by molar-refractivity contribution is 0.0975. The van der Waals surface area contributed by atoms with Gasteiger partial charge in [0.15, 0.2) is 5.78 Å². The summed E-state index contributed by atoms with van der Waals surface area (Å²) < 4.78 is 1.69. The largest absolute Gasteiger partial charge is 0.329 e. The molecule has 1 rings (SSSR count). The van der Waals surface area contributed by atoms with Crippen molar-refractivity contribution in [2.45, 2.75) is 32.7 Å². The number of nitrogens with one attached hydrogen (secondary N) is 1.